The second kappa shape index (κ2) is 8.69. The minimum absolute atomic E-state index is 0.104. The number of allylic oxidation sites excluding steroid dienone is 1. The topological polar surface area (TPSA) is 31.2 Å². The number of fused-ring (bicyclic) bond motifs is 1. The normalized spacial score (nSPS) is 22.8. The van der Waals surface area contributed by atoms with E-state index in [1.54, 1.807) is 12.1 Å². The van der Waals surface area contributed by atoms with Crippen molar-refractivity contribution >= 4 is 50.9 Å². The van der Waals surface area contributed by atoms with Crippen molar-refractivity contribution in [3.05, 3.63) is 76.6 Å². The van der Waals surface area contributed by atoms with Gasteiger partial charge in [-0.05, 0) is 49.1 Å². The molecule has 0 N–H and O–H groups in total. The lowest BCUT2D eigenvalue weighted by molar-refractivity contribution is -0.117. The van der Waals surface area contributed by atoms with Gasteiger partial charge in [0.25, 0.3) is 0 Å². The van der Waals surface area contributed by atoms with Gasteiger partial charge in [-0.15, -0.1) is 0 Å². The van der Waals surface area contributed by atoms with Crippen LogP contribution in [0.4, 0.5) is 4.39 Å². The molecule has 1 aromatic heterocycles. The van der Waals surface area contributed by atoms with Crippen molar-refractivity contribution < 1.29 is 13.9 Å². The van der Waals surface area contributed by atoms with Gasteiger partial charge in [0, 0.05) is 35.8 Å². The number of carbonyl (C=O) groups is 1. The highest BCUT2D eigenvalue weighted by atomic mass is 32.2. The molecule has 3 heterocycles. The molecular formula is C25H22FNO2S2. The molecule has 2 fully saturated rings. The summed E-state index contributed by atoms with van der Waals surface area (Å²) < 4.78 is 22.2. The van der Waals surface area contributed by atoms with Crippen LogP contribution in [0.5, 0.6) is 0 Å². The van der Waals surface area contributed by atoms with Gasteiger partial charge in [-0.1, -0.05) is 54.3 Å². The number of Topliss-reactive ketones (excluding diaryl/α,β-unsaturated/α-hetero) is 1. The largest absolute Gasteiger partial charge is 0.378 e. The van der Waals surface area contributed by atoms with E-state index in [1.807, 2.05) is 36.5 Å². The second-order valence-corrected chi connectivity index (χ2v) is 9.86. The van der Waals surface area contributed by atoms with Crippen molar-refractivity contribution in [2.24, 2.45) is 5.92 Å². The summed E-state index contributed by atoms with van der Waals surface area (Å²) in [6.45, 7) is 1.33. The fourth-order valence-corrected chi connectivity index (χ4v) is 5.86. The first-order valence-electron chi connectivity index (χ1n) is 10.5. The Morgan fingerprint density at radius 1 is 1.23 bits per heavy atom. The van der Waals surface area contributed by atoms with Crippen LogP contribution in [0.3, 0.4) is 0 Å². The van der Waals surface area contributed by atoms with E-state index in [4.69, 9.17) is 17.0 Å². The monoisotopic (exact) mass is 451 g/mol. The first-order chi connectivity index (χ1) is 15.1. The van der Waals surface area contributed by atoms with E-state index in [1.165, 1.54) is 17.8 Å². The first-order valence-corrected chi connectivity index (χ1v) is 11.7. The van der Waals surface area contributed by atoms with Gasteiger partial charge in [-0.2, -0.15) is 0 Å². The lowest BCUT2D eigenvalue weighted by Crippen LogP contribution is -2.20. The van der Waals surface area contributed by atoms with E-state index in [2.05, 4.69) is 10.6 Å². The molecule has 0 saturated carbocycles. The van der Waals surface area contributed by atoms with Gasteiger partial charge in [-0.3, -0.25) is 4.79 Å². The van der Waals surface area contributed by atoms with Crippen molar-refractivity contribution in [3.63, 3.8) is 0 Å². The predicted molar refractivity (Wildman–Crippen MR) is 128 cm³/mol. The molecule has 2 aromatic carbocycles. The Balaban J connectivity index is 1.45. The number of aromatic nitrogens is 1. The average Bonchev–Trinajstić information content (AvgIpc) is 3.45. The molecule has 0 radical (unpaired) electrons. The number of halogens is 1. The zero-order chi connectivity index (χ0) is 21.4. The van der Waals surface area contributed by atoms with E-state index < -0.39 is 0 Å². The molecule has 2 aliphatic heterocycles. The molecule has 2 aliphatic rings. The van der Waals surface area contributed by atoms with Crippen LogP contribution < -0.4 is 0 Å². The van der Waals surface area contributed by atoms with Crippen LogP contribution in [0, 0.1) is 11.7 Å². The van der Waals surface area contributed by atoms with Crippen LogP contribution in [0.25, 0.3) is 17.0 Å². The Morgan fingerprint density at radius 3 is 2.90 bits per heavy atom. The number of para-hydroxylation sites is 1. The van der Waals surface area contributed by atoms with Gasteiger partial charge in [-0.25, -0.2) is 4.39 Å². The summed E-state index contributed by atoms with van der Waals surface area (Å²) >= 11 is 6.96. The summed E-state index contributed by atoms with van der Waals surface area (Å²) in [5.41, 5.74) is 2.92. The maximum atomic E-state index is 13.6. The van der Waals surface area contributed by atoms with Crippen LogP contribution in [0.1, 0.15) is 30.4 Å². The second-order valence-electron chi connectivity index (χ2n) is 8.08. The summed E-state index contributed by atoms with van der Waals surface area (Å²) in [5, 5.41) is 1.06. The quantitative estimate of drug-likeness (QED) is 0.352. The fraction of sp³-hybridized carbons (Fsp3) is 0.280. The van der Waals surface area contributed by atoms with Crippen LogP contribution >= 0.6 is 24.0 Å². The third kappa shape index (κ3) is 4.25. The molecule has 3 aromatic rings. The smallest absolute Gasteiger partial charge is 0.178 e. The van der Waals surface area contributed by atoms with E-state index in [0.717, 1.165) is 45.7 Å². The highest BCUT2D eigenvalue weighted by molar-refractivity contribution is 8.27. The standard InChI is InChI=1S/C25H22FNO2S2/c26-18-6-3-5-16(11-18)14-27-15-17(20-8-1-2-9-22(20)27)12-23-24(28)21(25(30)31-23)13-19-7-4-10-29-19/h1-3,5-6,8-9,11-12,15,19,21H,4,7,10,13-14H2/b23-12-. The molecule has 0 bridgehead atoms. The molecule has 2 atom stereocenters. The third-order valence-corrected chi connectivity index (χ3v) is 7.48. The summed E-state index contributed by atoms with van der Waals surface area (Å²) in [5.74, 6) is -0.377. The number of ketones is 1. The minimum atomic E-state index is -0.241. The van der Waals surface area contributed by atoms with Gasteiger partial charge in [0.05, 0.1) is 21.1 Å². The van der Waals surface area contributed by atoms with E-state index >= 15 is 0 Å². The molecule has 2 unspecified atom stereocenters. The molecule has 0 amide bonds. The molecular weight excluding hydrogens is 429 g/mol. The van der Waals surface area contributed by atoms with Gasteiger partial charge >= 0.3 is 0 Å². The number of hydrogen-bond acceptors (Lipinski definition) is 4. The SMILES string of the molecule is O=C1/C(=C/c2cn(Cc3cccc(F)c3)c3ccccc23)SC(=S)C1CC1CCCO1. The zero-order valence-corrected chi connectivity index (χ0v) is 18.6. The first kappa shape index (κ1) is 20.6. The molecule has 2 saturated heterocycles. The zero-order valence-electron chi connectivity index (χ0n) is 16.9. The maximum absolute atomic E-state index is 13.6. The van der Waals surface area contributed by atoms with Crippen molar-refractivity contribution in [2.75, 3.05) is 6.61 Å². The minimum Gasteiger partial charge on any atom is -0.378 e. The van der Waals surface area contributed by atoms with Crippen molar-refractivity contribution in [1.29, 1.82) is 0 Å². The molecule has 158 valence electrons. The van der Waals surface area contributed by atoms with Crippen LogP contribution in [0.15, 0.2) is 59.6 Å². The summed E-state index contributed by atoms with van der Waals surface area (Å²) in [6, 6.07) is 14.7. The Labute approximate surface area is 190 Å². The highest BCUT2D eigenvalue weighted by Crippen LogP contribution is 2.40. The van der Waals surface area contributed by atoms with Gasteiger partial charge in [0.1, 0.15) is 5.82 Å². The Morgan fingerprint density at radius 2 is 2.10 bits per heavy atom. The van der Waals surface area contributed by atoms with Gasteiger partial charge in [0.2, 0.25) is 0 Å². The Hall–Kier alpha value is -2.28. The number of thioether (sulfide) groups is 1. The third-order valence-electron chi connectivity index (χ3n) is 5.92. The average molecular weight is 452 g/mol. The lowest BCUT2D eigenvalue weighted by Gasteiger charge is -2.12. The van der Waals surface area contributed by atoms with Crippen LogP contribution in [-0.4, -0.2) is 27.3 Å². The molecule has 3 nitrogen and oxygen atoms in total. The number of carbonyl (C=O) groups excluding carboxylic acids is 1. The molecule has 0 aliphatic carbocycles. The number of nitrogens with zero attached hydrogens (tertiary/aromatic N) is 1. The summed E-state index contributed by atoms with van der Waals surface area (Å²) in [6.07, 6.45) is 6.87. The van der Waals surface area contributed by atoms with E-state index in [9.17, 15) is 9.18 Å². The maximum Gasteiger partial charge on any atom is 0.178 e. The van der Waals surface area contributed by atoms with Crippen molar-refractivity contribution in [3.8, 4) is 0 Å². The van der Waals surface area contributed by atoms with Crippen LogP contribution in [0.2, 0.25) is 0 Å². The number of thiocarbonyl (C=S) groups is 1. The molecule has 6 heteroatoms. The molecule has 0 spiro atoms. The van der Waals surface area contributed by atoms with E-state index in [0.29, 0.717) is 17.9 Å². The Kier molecular flexibility index (Phi) is 5.78. The number of ether oxygens (including phenoxy) is 1. The van der Waals surface area contributed by atoms with Gasteiger partial charge in [0.15, 0.2) is 5.78 Å². The number of rotatable bonds is 5. The van der Waals surface area contributed by atoms with Gasteiger partial charge < -0.3 is 9.30 Å². The Bertz CT molecular complexity index is 1190. The number of hydrogen-bond donors (Lipinski definition) is 0. The van der Waals surface area contributed by atoms with Crippen molar-refractivity contribution in [2.45, 2.75) is 31.9 Å². The molecule has 5 rings (SSSR count). The van der Waals surface area contributed by atoms with E-state index in [-0.39, 0.29) is 23.6 Å². The predicted octanol–water partition coefficient (Wildman–Crippen LogP) is 6.00. The lowest BCUT2D eigenvalue weighted by atomic mass is 9.96. The summed E-state index contributed by atoms with van der Waals surface area (Å²) in [7, 11) is 0. The molecule has 31 heavy (non-hydrogen) atoms. The number of benzene rings is 2. The van der Waals surface area contributed by atoms with Crippen molar-refractivity contribution in [1.82, 2.24) is 4.57 Å². The fourth-order valence-electron chi connectivity index (χ4n) is 4.40. The summed E-state index contributed by atoms with van der Waals surface area (Å²) in [4.78, 5) is 13.8. The van der Waals surface area contributed by atoms with Crippen LogP contribution in [-0.2, 0) is 16.1 Å². The highest BCUT2D eigenvalue weighted by Gasteiger charge is 2.37.